The second kappa shape index (κ2) is 5.20. The van der Waals surface area contributed by atoms with E-state index in [2.05, 4.69) is 23.8 Å². The van der Waals surface area contributed by atoms with Crippen LogP contribution in [0.5, 0.6) is 0 Å². The van der Waals surface area contributed by atoms with Crippen LogP contribution in [0.3, 0.4) is 0 Å². The molecule has 3 nitrogen and oxygen atoms in total. The van der Waals surface area contributed by atoms with Gasteiger partial charge in [0.25, 0.3) is 0 Å². The Balaban J connectivity index is 2.73. The molecule has 2 N–H and O–H groups in total. The van der Waals surface area contributed by atoms with Crippen LogP contribution < -0.4 is 10.6 Å². The highest BCUT2D eigenvalue weighted by Crippen LogP contribution is 2.18. The van der Waals surface area contributed by atoms with Crippen LogP contribution in [0.4, 0.5) is 0 Å². The number of rotatable bonds is 4. The summed E-state index contributed by atoms with van der Waals surface area (Å²) in [7, 11) is 1.83. The maximum absolute atomic E-state index is 10.9. The average molecular weight is 204 g/mol. The van der Waals surface area contributed by atoms with E-state index < -0.39 is 0 Å². The molecule has 80 valence electrons. The number of amides is 1. The van der Waals surface area contributed by atoms with Gasteiger partial charge in [0.05, 0.1) is 0 Å². The molecule has 0 saturated heterocycles. The first kappa shape index (κ1) is 11.3. The summed E-state index contributed by atoms with van der Waals surface area (Å²) < 4.78 is 0. The minimum Gasteiger partial charge on any atom is -0.388 e. The minimum atomic E-state index is 0.0630. The van der Waals surface area contributed by atoms with Crippen molar-refractivity contribution in [1.82, 2.24) is 10.6 Å². The lowest BCUT2D eigenvalue weighted by Gasteiger charge is -2.14. The Kier molecular flexibility index (Phi) is 3.92. The third-order valence-electron chi connectivity index (χ3n) is 2.28. The van der Waals surface area contributed by atoms with Gasteiger partial charge in [0.1, 0.15) is 0 Å². The highest BCUT2D eigenvalue weighted by molar-refractivity contribution is 5.79. The molecule has 15 heavy (non-hydrogen) atoms. The summed E-state index contributed by atoms with van der Waals surface area (Å²) >= 11 is 0. The van der Waals surface area contributed by atoms with E-state index in [0.29, 0.717) is 6.42 Å². The predicted molar refractivity (Wildman–Crippen MR) is 61.9 cm³/mol. The molecule has 0 aromatic heterocycles. The van der Waals surface area contributed by atoms with Crippen LogP contribution in [0.15, 0.2) is 48.4 Å². The standard InChI is InChI=1S/C12H16N2O/c1-4-11(13-3)7-9(2)10-5-6-12(15)14-8-10/h4,7-8,13H,1-2,5-6H2,3H3,(H,14,15)/b11-7+. The van der Waals surface area contributed by atoms with Crippen LogP contribution in [0.1, 0.15) is 12.8 Å². The lowest BCUT2D eigenvalue weighted by atomic mass is 10.00. The first-order chi connectivity index (χ1) is 7.17. The van der Waals surface area contributed by atoms with E-state index in [9.17, 15) is 4.79 Å². The molecule has 0 radical (unpaired) electrons. The molecule has 1 heterocycles. The van der Waals surface area contributed by atoms with Crippen LogP contribution in [-0.4, -0.2) is 13.0 Å². The number of hydrogen-bond acceptors (Lipinski definition) is 2. The van der Waals surface area contributed by atoms with E-state index >= 15 is 0 Å². The fourth-order valence-corrected chi connectivity index (χ4v) is 1.33. The molecule has 3 heteroatoms. The second-order valence-electron chi connectivity index (χ2n) is 3.32. The lowest BCUT2D eigenvalue weighted by molar-refractivity contribution is -0.120. The topological polar surface area (TPSA) is 41.1 Å². The number of carbonyl (C=O) groups excluding carboxylic acids is 1. The summed E-state index contributed by atoms with van der Waals surface area (Å²) in [5.74, 6) is 0.0630. The van der Waals surface area contributed by atoms with Crippen molar-refractivity contribution >= 4 is 5.91 Å². The summed E-state index contributed by atoms with van der Waals surface area (Å²) in [6, 6.07) is 0. The van der Waals surface area contributed by atoms with Crippen molar-refractivity contribution in [2.45, 2.75) is 12.8 Å². The SMILES string of the molecule is C=C/C(=C\C(=C)C1=CNC(=O)CC1)NC. The van der Waals surface area contributed by atoms with E-state index in [-0.39, 0.29) is 5.91 Å². The largest absolute Gasteiger partial charge is 0.388 e. The van der Waals surface area contributed by atoms with Gasteiger partial charge in [-0.3, -0.25) is 4.79 Å². The summed E-state index contributed by atoms with van der Waals surface area (Å²) in [6.45, 7) is 7.64. The van der Waals surface area contributed by atoms with Crippen LogP contribution >= 0.6 is 0 Å². The Labute approximate surface area is 90.3 Å². The third kappa shape index (κ3) is 3.13. The molecular weight excluding hydrogens is 188 g/mol. The Bertz CT molecular complexity index is 351. The zero-order valence-corrected chi connectivity index (χ0v) is 8.97. The first-order valence-electron chi connectivity index (χ1n) is 4.87. The van der Waals surface area contributed by atoms with Crippen molar-refractivity contribution in [3.63, 3.8) is 0 Å². The van der Waals surface area contributed by atoms with E-state index in [4.69, 9.17) is 0 Å². The maximum atomic E-state index is 10.9. The molecule has 0 fully saturated rings. The Morgan fingerprint density at radius 2 is 2.33 bits per heavy atom. The highest BCUT2D eigenvalue weighted by atomic mass is 16.1. The van der Waals surface area contributed by atoms with Crippen molar-refractivity contribution in [2.75, 3.05) is 7.05 Å². The molecule has 0 aliphatic carbocycles. The number of carbonyl (C=O) groups is 1. The number of likely N-dealkylation sites (N-methyl/N-ethyl adjacent to an activating group) is 1. The van der Waals surface area contributed by atoms with Gasteiger partial charge in [-0.05, 0) is 29.7 Å². The monoisotopic (exact) mass is 204 g/mol. The van der Waals surface area contributed by atoms with Crippen LogP contribution in [0.25, 0.3) is 0 Å². The van der Waals surface area contributed by atoms with Gasteiger partial charge in [-0.15, -0.1) is 0 Å². The van der Waals surface area contributed by atoms with Gasteiger partial charge in [-0.1, -0.05) is 13.2 Å². The van der Waals surface area contributed by atoms with Gasteiger partial charge in [0.15, 0.2) is 0 Å². The average Bonchev–Trinajstić information content (AvgIpc) is 2.26. The molecule has 1 amide bonds. The second-order valence-corrected chi connectivity index (χ2v) is 3.32. The van der Waals surface area contributed by atoms with Gasteiger partial charge >= 0.3 is 0 Å². The number of hydrogen-bond donors (Lipinski definition) is 2. The summed E-state index contributed by atoms with van der Waals surface area (Å²) in [5, 5.41) is 5.68. The molecule has 0 aromatic carbocycles. The van der Waals surface area contributed by atoms with E-state index in [1.54, 1.807) is 12.3 Å². The van der Waals surface area contributed by atoms with E-state index in [1.807, 2.05) is 13.1 Å². The minimum absolute atomic E-state index is 0.0630. The molecule has 0 unspecified atom stereocenters. The van der Waals surface area contributed by atoms with Gasteiger partial charge < -0.3 is 10.6 Å². The van der Waals surface area contributed by atoms with Crippen molar-refractivity contribution in [3.8, 4) is 0 Å². The maximum Gasteiger partial charge on any atom is 0.224 e. The summed E-state index contributed by atoms with van der Waals surface area (Å²) in [4.78, 5) is 10.9. The Morgan fingerprint density at radius 3 is 2.80 bits per heavy atom. The third-order valence-corrected chi connectivity index (χ3v) is 2.28. The predicted octanol–water partition coefficient (Wildman–Crippen LogP) is 1.63. The molecule has 0 aromatic rings. The summed E-state index contributed by atoms with van der Waals surface area (Å²) in [6.07, 6.45) is 6.64. The van der Waals surface area contributed by atoms with Crippen molar-refractivity contribution in [3.05, 3.63) is 48.4 Å². The van der Waals surface area contributed by atoms with Crippen LogP contribution in [0.2, 0.25) is 0 Å². The fraction of sp³-hybridized carbons (Fsp3) is 0.250. The molecule has 0 spiro atoms. The molecule has 1 aliphatic rings. The van der Waals surface area contributed by atoms with Gasteiger partial charge in [0.2, 0.25) is 5.91 Å². The Morgan fingerprint density at radius 1 is 1.60 bits per heavy atom. The molecule has 0 bridgehead atoms. The molecular formula is C12H16N2O. The molecule has 1 rings (SSSR count). The number of nitrogens with one attached hydrogen (secondary N) is 2. The van der Waals surface area contributed by atoms with Crippen molar-refractivity contribution in [1.29, 1.82) is 0 Å². The van der Waals surface area contributed by atoms with E-state index in [0.717, 1.165) is 23.3 Å². The molecule has 0 saturated carbocycles. The van der Waals surface area contributed by atoms with Crippen LogP contribution in [0, 0.1) is 0 Å². The fourth-order valence-electron chi connectivity index (χ4n) is 1.33. The normalized spacial score (nSPS) is 16.5. The smallest absolute Gasteiger partial charge is 0.224 e. The first-order valence-corrected chi connectivity index (χ1v) is 4.87. The van der Waals surface area contributed by atoms with Gasteiger partial charge in [0, 0.05) is 25.4 Å². The van der Waals surface area contributed by atoms with Gasteiger partial charge in [-0.2, -0.15) is 0 Å². The zero-order valence-electron chi connectivity index (χ0n) is 8.97. The van der Waals surface area contributed by atoms with Crippen molar-refractivity contribution < 1.29 is 4.79 Å². The number of allylic oxidation sites excluding steroid dienone is 4. The highest BCUT2D eigenvalue weighted by Gasteiger charge is 2.10. The molecule has 1 aliphatic heterocycles. The lowest BCUT2D eigenvalue weighted by Crippen LogP contribution is -2.22. The zero-order chi connectivity index (χ0) is 11.3. The van der Waals surface area contributed by atoms with Crippen molar-refractivity contribution in [2.24, 2.45) is 0 Å². The van der Waals surface area contributed by atoms with Gasteiger partial charge in [-0.25, -0.2) is 0 Å². The Hall–Kier alpha value is -1.77. The van der Waals surface area contributed by atoms with E-state index in [1.165, 1.54) is 0 Å². The quantitative estimate of drug-likeness (QED) is 0.683. The summed E-state index contributed by atoms with van der Waals surface area (Å²) in [5.41, 5.74) is 2.88. The molecule has 0 atom stereocenters. The van der Waals surface area contributed by atoms with Crippen LogP contribution in [-0.2, 0) is 4.79 Å².